The molecule has 3 heteroatoms. The summed E-state index contributed by atoms with van der Waals surface area (Å²) in [5, 5.41) is 3.37. The van der Waals surface area contributed by atoms with Gasteiger partial charge in [-0.3, -0.25) is 4.79 Å². The highest BCUT2D eigenvalue weighted by Crippen LogP contribution is 2.34. The largest absolute Gasteiger partial charge is 0.368 e. The van der Waals surface area contributed by atoms with Gasteiger partial charge < -0.3 is 9.88 Å². The molecule has 2 heterocycles. The van der Waals surface area contributed by atoms with Crippen molar-refractivity contribution in [3.8, 4) is 5.69 Å². The first kappa shape index (κ1) is 12.0. The average Bonchev–Trinajstić information content (AvgIpc) is 3.04. The van der Waals surface area contributed by atoms with Crippen LogP contribution in [-0.2, 0) is 0 Å². The Morgan fingerprint density at radius 2 is 1.67 bits per heavy atom. The van der Waals surface area contributed by atoms with Gasteiger partial charge in [0.1, 0.15) is 6.04 Å². The van der Waals surface area contributed by atoms with Crippen molar-refractivity contribution >= 4 is 11.5 Å². The van der Waals surface area contributed by atoms with Crippen LogP contribution in [-0.4, -0.2) is 10.4 Å². The van der Waals surface area contributed by atoms with E-state index in [-0.39, 0.29) is 11.8 Å². The highest BCUT2D eigenvalue weighted by atomic mass is 16.1. The molecule has 4 rings (SSSR count). The number of fused-ring (bicyclic) bond motifs is 3. The second-order valence-corrected chi connectivity index (χ2v) is 5.13. The summed E-state index contributed by atoms with van der Waals surface area (Å²) in [5.74, 6) is 0.0880. The summed E-state index contributed by atoms with van der Waals surface area (Å²) in [6.07, 6.45) is 2.00. The summed E-state index contributed by atoms with van der Waals surface area (Å²) in [5.41, 5.74) is 3.76. The number of ketones is 1. The highest BCUT2D eigenvalue weighted by molar-refractivity contribution is 6.02. The van der Waals surface area contributed by atoms with Crippen LogP contribution in [0, 0.1) is 0 Å². The molecule has 0 amide bonds. The molecule has 1 N–H and O–H groups in total. The zero-order valence-electron chi connectivity index (χ0n) is 11.4. The van der Waals surface area contributed by atoms with E-state index in [1.165, 1.54) is 0 Å². The summed E-state index contributed by atoms with van der Waals surface area (Å²) in [4.78, 5) is 12.8. The van der Waals surface area contributed by atoms with Crippen LogP contribution >= 0.6 is 0 Å². The van der Waals surface area contributed by atoms with Crippen molar-refractivity contribution in [1.29, 1.82) is 0 Å². The molecule has 1 atom stereocenters. The Morgan fingerprint density at radius 1 is 0.905 bits per heavy atom. The minimum absolute atomic E-state index is 0.0880. The van der Waals surface area contributed by atoms with E-state index < -0.39 is 0 Å². The number of nitrogens with one attached hydrogen (secondary N) is 1. The predicted molar refractivity (Wildman–Crippen MR) is 82.9 cm³/mol. The average molecular weight is 274 g/mol. The van der Waals surface area contributed by atoms with E-state index >= 15 is 0 Å². The molecular weight excluding hydrogens is 260 g/mol. The lowest BCUT2D eigenvalue weighted by molar-refractivity contribution is 0.0966. The molecule has 3 nitrogen and oxygen atoms in total. The third kappa shape index (κ3) is 1.86. The molecule has 21 heavy (non-hydrogen) atoms. The molecule has 1 aliphatic rings. The van der Waals surface area contributed by atoms with Crippen molar-refractivity contribution in [2.75, 3.05) is 5.32 Å². The van der Waals surface area contributed by atoms with Crippen LogP contribution in [0.25, 0.3) is 5.69 Å². The number of para-hydroxylation sites is 2. The summed E-state index contributed by atoms with van der Waals surface area (Å²) >= 11 is 0. The molecule has 0 aliphatic carbocycles. The van der Waals surface area contributed by atoms with Gasteiger partial charge in [-0.05, 0) is 24.3 Å². The second-order valence-electron chi connectivity index (χ2n) is 5.13. The molecule has 0 bridgehead atoms. The quantitative estimate of drug-likeness (QED) is 0.721. The van der Waals surface area contributed by atoms with Crippen molar-refractivity contribution in [2.45, 2.75) is 6.04 Å². The van der Waals surface area contributed by atoms with Crippen LogP contribution < -0.4 is 5.32 Å². The van der Waals surface area contributed by atoms with Gasteiger partial charge in [-0.1, -0.05) is 42.5 Å². The fourth-order valence-corrected chi connectivity index (χ4v) is 2.85. The van der Waals surface area contributed by atoms with E-state index in [1.807, 2.05) is 66.9 Å². The summed E-state index contributed by atoms with van der Waals surface area (Å²) < 4.78 is 2.08. The lowest BCUT2D eigenvalue weighted by Crippen LogP contribution is -2.27. The second kappa shape index (κ2) is 4.63. The number of benzene rings is 2. The molecule has 0 radical (unpaired) electrons. The standard InChI is InChI=1S/C18H14N2O/c21-18(13-7-2-1-3-8-13)17-16-11-6-12-20(16)15-10-5-4-9-14(15)19-17/h1-12,17,19H. The molecule has 2 aromatic carbocycles. The minimum Gasteiger partial charge on any atom is -0.368 e. The van der Waals surface area contributed by atoms with Crippen molar-refractivity contribution in [1.82, 2.24) is 4.57 Å². The summed E-state index contributed by atoms with van der Waals surface area (Å²) in [6, 6.07) is 21.1. The highest BCUT2D eigenvalue weighted by Gasteiger charge is 2.29. The molecule has 102 valence electrons. The number of hydrogen-bond acceptors (Lipinski definition) is 2. The van der Waals surface area contributed by atoms with Crippen LogP contribution in [0.3, 0.4) is 0 Å². The van der Waals surface area contributed by atoms with Crippen molar-refractivity contribution < 1.29 is 4.79 Å². The topological polar surface area (TPSA) is 34.0 Å². The molecular formula is C18H14N2O. The SMILES string of the molecule is O=C(c1ccccc1)C1Nc2ccccc2-n2cccc21. The van der Waals surface area contributed by atoms with Gasteiger partial charge in [0.25, 0.3) is 0 Å². The zero-order chi connectivity index (χ0) is 14.2. The predicted octanol–water partition coefficient (Wildman–Crippen LogP) is 3.83. The van der Waals surface area contributed by atoms with Gasteiger partial charge in [-0.2, -0.15) is 0 Å². The lowest BCUT2D eigenvalue weighted by Gasteiger charge is -2.28. The van der Waals surface area contributed by atoms with Gasteiger partial charge in [0.15, 0.2) is 5.78 Å². The summed E-state index contributed by atoms with van der Waals surface area (Å²) in [6.45, 7) is 0. The Bertz CT molecular complexity index is 805. The number of anilines is 1. The van der Waals surface area contributed by atoms with Crippen molar-refractivity contribution in [2.24, 2.45) is 0 Å². The van der Waals surface area contributed by atoms with Crippen LogP contribution in [0.5, 0.6) is 0 Å². The Morgan fingerprint density at radius 3 is 2.52 bits per heavy atom. The Hall–Kier alpha value is -2.81. The van der Waals surface area contributed by atoms with Crippen LogP contribution in [0.1, 0.15) is 22.1 Å². The number of Topliss-reactive ketones (excluding diaryl/α,β-unsaturated/α-hetero) is 1. The van der Waals surface area contributed by atoms with Gasteiger partial charge in [0.05, 0.1) is 17.1 Å². The fraction of sp³-hybridized carbons (Fsp3) is 0.0556. The number of nitrogens with zero attached hydrogens (tertiary/aromatic N) is 1. The maximum Gasteiger partial charge on any atom is 0.191 e. The first-order chi connectivity index (χ1) is 10.3. The first-order valence-electron chi connectivity index (χ1n) is 6.97. The third-order valence-corrected chi connectivity index (χ3v) is 3.86. The van der Waals surface area contributed by atoms with E-state index in [4.69, 9.17) is 0 Å². The molecule has 3 aromatic rings. The number of carbonyl (C=O) groups excluding carboxylic acids is 1. The molecule has 1 unspecified atom stereocenters. The van der Waals surface area contributed by atoms with E-state index in [2.05, 4.69) is 16.0 Å². The number of rotatable bonds is 2. The van der Waals surface area contributed by atoms with Gasteiger partial charge in [-0.25, -0.2) is 0 Å². The molecule has 0 fully saturated rings. The van der Waals surface area contributed by atoms with Crippen molar-refractivity contribution in [3.63, 3.8) is 0 Å². The molecule has 0 saturated carbocycles. The number of aromatic nitrogens is 1. The van der Waals surface area contributed by atoms with E-state index in [0.717, 1.165) is 22.6 Å². The first-order valence-corrected chi connectivity index (χ1v) is 6.97. The van der Waals surface area contributed by atoms with Crippen LogP contribution in [0.4, 0.5) is 5.69 Å². The smallest absolute Gasteiger partial charge is 0.191 e. The minimum atomic E-state index is -0.350. The Labute approximate surface area is 122 Å². The fourth-order valence-electron chi connectivity index (χ4n) is 2.85. The molecule has 1 aromatic heterocycles. The summed E-state index contributed by atoms with van der Waals surface area (Å²) in [7, 11) is 0. The van der Waals surface area contributed by atoms with Crippen LogP contribution in [0.15, 0.2) is 72.9 Å². The van der Waals surface area contributed by atoms with Gasteiger partial charge in [-0.15, -0.1) is 0 Å². The molecule has 0 spiro atoms. The monoisotopic (exact) mass is 274 g/mol. The van der Waals surface area contributed by atoms with E-state index in [0.29, 0.717) is 0 Å². The van der Waals surface area contributed by atoms with Crippen LogP contribution in [0.2, 0.25) is 0 Å². The van der Waals surface area contributed by atoms with E-state index in [1.54, 1.807) is 0 Å². The number of carbonyl (C=O) groups is 1. The van der Waals surface area contributed by atoms with Gasteiger partial charge >= 0.3 is 0 Å². The Kier molecular flexibility index (Phi) is 2.64. The number of hydrogen-bond donors (Lipinski definition) is 1. The zero-order valence-corrected chi connectivity index (χ0v) is 11.4. The molecule has 1 aliphatic heterocycles. The maximum atomic E-state index is 12.8. The van der Waals surface area contributed by atoms with E-state index in [9.17, 15) is 4.79 Å². The maximum absolute atomic E-state index is 12.8. The Balaban J connectivity index is 1.81. The molecule has 0 saturated heterocycles. The van der Waals surface area contributed by atoms with Gasteiger partial charge in [0, 0.05) is 11.8 Å². The lowest BCUT2D eigenvalue weighted by atomic mass is 9.99. The van der Waals surface area contributed by atoms with Crippen molar-refractivity contribution in [3.05, 3.63) is 84.2 Å². The third-order valence-electron chi connectivity index (χ3n) is 3.86. The normalized spacial score (nSPS) is 15.7. The van der Waals surface area contributed by atoms with Gasteiger partial charge in [0.2, 0.25) is 0 Å².